The lowest BCUT2D eigenvalue weighted by Crippen LogP contribution is -2.27. The lowest BCUT2D eigenvalue weighted by Gasteiger charge is -2.17. The van der Waals surface area contributed by atoms with E-state index in [-0.39, 0.29) is 5.91 Å². The first-order valence-corrected chi connectivity index (χ1v) is 6.80. The van der Waals surface area contributed by atoms with Crippen LogP contribution in [0.2, 0.25) is 0 Å². The maximum absolute atomic E-state index is 12.2. The van der Waals surface area contributed by atoms with Crippen LogP contribution >= 0.6 is 0 Å². The molecule has 2 N–H and O–H groups in total. The molecule has 0 fully saturated rings. The van der Waals surface area contributed by atoms with E-state index in [1.54, 1.807) is 19.1 Å². The topological polar surface area (TPSA) is 55.6 Å². The van der Waals surface area contributed by atoms with Crippen molar-refractivity contribution in [2.75, 3.05) is 19.9 Å². The number of carbonyl (C=O) groups is 1. The maximum Gasteiger partial charge on any atom is 0.227 e. The van der Waals surface area contributed by atoms with E-state index in [1.165, 1.54) is 0 Å². The lowest BCUT2D eigenvalue weighted by molar-refractivity contribution is -0.129. The molecule has 0 saturated heterocycles. The standard InChI is InChI=1S/C17H20N2O2/c1-19(12-13-6-8-15(18)9-7-13)17(20)11-14-4-3-5-16(10-14)21-2/h3-10H,11-12,18H2,1-2H3. The van der Waals surface area contributed by atoms with Crippen LogP contribution in [-0.2, 0) is 17.8 Å². The van der Waals surface area contributed by atoms with Gasteiger partial charge in [-0.15, -0.1) is 0 Å². The Labute approximate surface area is 125 Å². The number of likely N-dealkylation sites (N-methyl/N-ethyl adjacent to an activating group) is 1. The number of carbonyl (C=O) groups excluding carboxylic acids is 1. The third-order valence-corrected chi connectivity index (χ3v) is 3.31. The fraction of sp³-hybridized carbons (Fsp3) is 0.235. The van der Waals surface area contributed by atoms with Crippen LogP contribution in [0.1, 0.15) is 11.1 Å². The van der Waals surface area contributed by atoms with Crippen LogP contribution in [0.15, 0.2) is 48.5 Å². The molecule has 0 aliphatic rings. The minimum absolute atomic E-state index is 0.0695. The summed E-state index contributed by atoms with van der Waals surface area (Å²) >= 11 is 0. The van der Waals surface area contributed by atoms with Crippen molar-refractivity contribution in [3.8, 4) is 5.75 Å². The molecule has 0 saturated carbocycles. The fourth-order valence-electron chi connectivity index (χ4n) is 2.08. The summed E-state index contributed by atoms with van der Waals surface area (Å²) in [6.07, 6.45) is 0.364. The molecule has 110 valence electrons. The Morgan fingerprint density at radius 1 is 1.14 bits per heavy atom. The molecule has 0 bridgehead atoms. The first-order chi connectivity index (χ1) is 10.1. The van der Waals surface area contributed by atoms with Gasteiger partial charge in [0, 0.05) is 19.3 Å². The van der Waals surface area contributed by atoms with E-state index in [0.29, 0.717) is 13.0 Å². The molecule has 0 aliphatic carbocycles. The molecular formula is C17H20N2O2. The number of hydrogen-bond acceptors (Lipinski definition) is 3. The third kappa shape index (κ3) is 4.24. The zero-order valence-electron chi connectivity index (χ0n) is 12.4. The van der Waals surface area contributed by atoms with Crippen LogP contribution < -0.4 is 10.5 Å². The molecule has 2 aromatic carbocycles. The van der Waals surface area contributed by atoms with Crippen molar-refractivity contribution in [2.24, 2.45) is 0 Å². The quantitative estimate of drug-likeness (QED) is 0.858. The van der Waals surface area contributed by atoms with Crippen LogP contribution in [0, 0.1) is 0 Å². The second kappa shape index (κ2) is 6.79. The summed E-state index contributed by atoms with van der Waals surface area (Å²) in [5.41, 5.74) is 8.39. The molecule has 0 atom stereocenters. The normalized spacial score (nSPS) is 10.2. The molecule has 4 nitrogen and oxygen atoms in total. The van der Waals surface area contributed by atoms with E-state index >= 15 is 0 Å². The number of amides is 1. The van der Waals surface area contributed by atoms with E-state index in [1.807, 2.05) is 48.5 Å². The number of ether oxygens (including phenoxy) is 1. The molecule has 2 rings (SSSR count). The van der Waals surface area contributed by atoms with E-state index < -0.39 is 0 Å². The number of hydrogen-bond donors (Lipinski definition) is 1. The van der Waals surface area contributed by atoms with Crippen molar-refractivity contribution >= 4 is 11.6 Å². The average Bonchev–Trinajstić information content (AvgIpc) is 2.49. The van der Waals surface area contributed by atoms with Crippen molar-refractivity contribution in [1.29, 1.82) is 0 Å². The Hall–Kier alpha value is -2.49. The molecule has 1 amide bonds. The molecule has 0 aromatic heterocycles. The highest BCUT2D eigenvalue weighted by molar-refractivity contribution is 5.78. The predicted molar refractivity (Wildman–Crippen MR) is 84.0 cm³/mol. The summed E-state index contributed by atoms with van der Waals surface area (Å²) in [5, 5.41) is 0. The zero-order chi connectivity index (χ0) is 15.2. The smallest absolute Gasteiger partial charge is 0.227 e. The van der Waals surface area contributed by atoms with Crippen LogP contribution in [0.25, 0.3) is 0 Å². The first kappa shape index (κ1) is 14.9. The minimum atomic E-state index is 0.0695. The van der Waals surface area contributed by atoms with E-state index in [4.69, 9.17) is 10.5 Å². The Kier molecular flexibility index (Phi) is 4.82. The molecule has 4 heteroatoms. The van der Waals surface area contributed by atoms with E-state index in [0.717, 1.165) is 22.6 Å². The number of benzene rings is 2. The summed E-state index contributed by atoms with van der Waals surface area (Å²) < 4.78 is 5.17. The van der Waals surface area contributed by atoms with Crippen molar-refractivity contribution < 1.29 is 9.53 Å². The third-order valence-electron chi connectivity index (χ3n) is 3.31. The van der Waals surface area contributed by atoms with Gasteiger partial charge in [-0.3, -0.25) is 4.79 Å². The largest absolute Gasteiger partial charge is 0.497 e. The number of nitrogens with two attached hydrogens (primary N) is 1. The van der Waals surface area contributed by atoms with E-state index in [9.17, 15) is 4.79 Å². The SMILES string of the molecule is COc1cccc(CC(=O)N(C)Cc2ccc(N)cc2)c1. The summed E-state index contributed by atoms with van der Waals surface area (Å²) in [7, 11) is 3.42. The highest BCUT2D eigenvalue weighted by atomic mass is 16.5. The monoisotopic (exact) mass is 284 g/mol. The molecule has 2 aromatic rings. The Bertz CT molecular complexity index is 608. The molecule has 0 unspecified atom stereocenters. The molecule has 0 radical (unpaired) electrons. The van der Waals surface area contributed by atoms with Gasteiger partial charge in [0.1, 0.15) is 5.75 Å². The number of anilines is 1. The Morgan fingerprint density at radius 2 is 1.86 bits per heavy atom. The van der Waals surface area contributed by atoms with Gasteiger partial charge in [-0.1, -0.05) is 24.3 Å². The summed E-state index contributed by atoms with van der Waals surface area (Å²) in [6, 6.07) is 15.1. The second-order valence-electron chi connectivity index (χ2n) is 5.02. The number of nitrogen functional groups attached to an aromatic ring is 1. The molecule has 0 spiro atoms. The van der Waals surface area contributed by atoms with Crippen molar-refractivity contribution in [3.05, 3.63) is 59.7 Å². The van der Waals surface area contributed by atoms with Gasteiger partial charge in [-0.05, 0) is 35.4 Å². The minimum Gasteiger partial charge on any atom is -0.497 e. The molecular weight excluding hydrogens is 264 g/mol. The van der Waals surface area contributed by atoms with Crippen LogP contribution in [0.3, 0.4) is 0 Å². The molecule has 0 aliphatic heterocycles. The summed E-state index contributed by atoms with van der Waals surface area (Å²) in [5.74, 6) is 0.835. The fourth-order valence-corrected chi connectivity index (χ4v) is 2.08. The van der Waals surface area contributed by atoms with Crippen LogP contribution in [0.4, 0.5) is 5.69 Å². The predicted octanol–water partition coefficient (Wildman–Crippen LogP) is 2.48. The zero-order valence-corrected chi connectivity index (χ0v) is 12.4. The molecule has 21 heavy (non-hydrogen) atoms. The highest BCUT2D eigenvalue weighted by Crippen LogP contribution is 2.14. The van der Waals surface area contributed by atoms with E-state index in [2.05, 4.69) is 0 Å². The van der Waals surface area contributed by atoms with Crippen LogP contribution in [0.5, 0.6) is 5.75 Å². The van der Waals surface area contributed by atoms with Gasteiger partial charge >= 0.3 is 0 Å². The van der Waals surface area contributed by atoms with Gasteiger partial charge in [0.25, 0.3) is 0 Å². The first-order valence-electron chi connectivity index (χ1n) is 6.80. The highest BCUT2D eigenvalue weighted by Gasteiger charge is 2.10. The van der Waals surface area contributed by atoms with Gasteiger partial charge in [0.05, 0.1) is 13.5 Å². The van der Waals surface area contributed by atoms with Crippen LogP contribution in [-0.4, -0.2) is 25.0 Å². The van der Waals surface area contributed by atoms with Gasteiger partial charge < -0.3 is 15.4 Å². The van der Waals surface area contributed by atoms with Crippen molar-refractivity contribution in [1.82, 2.24) is 4.90 Å². The second-order valence-corrected chi connectivity index (χ2v) is 5.02. The Balaban J connectivity index is 1.97. The molecule has 0 heterocycles. The van der Waals surface area contributed by atoms with Gasteiger partial charge in [0.15, 0.2) is 0 Å². The van der Waals surface area contributed by atoms with Gasteiger partial charge in [-0.25, -0.2) is 0 Å². The maximum atomic E-state index is 12.2. The summed E-state index contributed by atoms with van der Waals surface area (Å²) in [6.45, 7) is 0.573. The number of methoxy groups -OCH3 is 1. The van der Waals surface area contributed by atoms with Gasteiger partial charge in [0.2, 0.25) is 5.91 Å². The lowest BCUT2D eigenvalue weighted by atomic mass is 10.1. The number of nitrogens with zero attached hydrogens (tertiary/aromatic N) is 1. The number of rotatable bonds is 5. The summed E-state index contributed by atoms with van der Waals surface area (Å²) in [4.78, 5) is 14.0. The van der Waals surface area contributed by atoms with Crippen molar-refractivity contribution in [3.63, 3.8) is 0 Å². The Morgan fingerprint density at radius 3 is 2.52 bits per heavy atom. The van der Waals surface area contributed by atoms with Crippen molar-refractivity contribution in [2.45, 2.75) is 13.0 Å². The average molecular weight is 284 g/mol. The van der Waals surface area contributed by atoms with Gasteiger partial charge in [-0.2, -0.15) is 0 Å².